The minimum atomic E-state index is -0.768. The van der Waals surface area contributed by atoms with Gasteiger partial charge < -0.3 is 14.6 Å². The molecular formula is C15H21Br2ClO3. The van der Waals surface area contributed by atoms with E-state index in [0.29, 0.717) is 0 Å². The second-order valence-corrected chi connectivity index (χ2v) is 11.2. The number of ether oxygens (including phenoxy) is 2. The largest absolute Gasteiger partial charge is 0.386 e. The average molecular weight is 445 g/mol. The van der Waals surface area contributed by atoms with E-state index in [2.05, 4.69) is 59.6 Å². The van der Waals surface area contributed by atoms with Gasteiger partial charge in [0.25, 0.3) is 0 Å². The number of hydrogen-bond acceptors (Lipinski definition) is 3. The summed E-state index contributed by atoms with van der Waals surface area (Å²) in [5.74, 6) is 0. The molecule has 0 aromatic carbocycles. The SMILES string of the molecule is CC1(C)[C@@]2(Br)O[C@H]3C[C@](C)(Cl)[C@@H](Br)C[C@]31[C@]1(C)O[C@@H]1[C@H]2O. The van der Waals surface area contributed by atoms with E-state index < -0.39 is 10.6 Å². The van der Waals surface area contributed by atoms with Crippen LogP contribution >= 0.6 is 43.5 Å². The molecule has 2 aliphatic carbocycles. The predicted octanol–water partition coefficient (Wildman–Crippen LogP) is 3.58. The van der Waals surface area contributed by atoms with Crippen molar-refractivity contribution in [2.24, 2.45) is 10.8 Å². The Labute approximate surface area is 147 Å². The van der Waals surface area contributed by atoms with Gasteiger partial charge in [0.2, 0.25) is 0 Å². The molecule has 2 aliphatic heterocycles. The van der Waals surface area contributed by atoms with Gasteiger partial charge in [-0.05, 0) is 26.7 Å². The van der Waals surface area contributed by atoms with Crippen molar-refractivity contribution in [3.05, 3.63) is 0 Å². The summed E-state index contributed by atoms with van der Waals surface area (Å²) in [4.78, 5) is -0.156. The van der Waals surface area contributed by atoms with Crippen LogP contribution in [-0.4, -0.2) is 43.2 Å². The lowest BCUT2D eigenvalue weighted by Crippen LogP contribution is -2.66. The zero-order valence-electron chi connectivity index (χ0n) is 12.6. The van der Waals surface area contributed by atoms with E-state index in [-0.39, 0.29) is 38.3 Å². The summed E-state index contributed by atoms with van der Waals surface area (Å²) in [6, 6.07) is 0. The third-order valence-electron chi connectivity index (χ3n) is 6.98. The van der Waals surface area contributed by atoms with E-state index in [4.69, 9.17) is 21.1 Å². The molecule has 4 rings (SSSR count). The Hall–Kier alpha value is 1.13. The van der Waals surface area contributed by atoms with Crippen LogP contribution in [0.4, 0.5) is 0 Å². The molecule has 4 aliphatic rings. The Morgan fingerprint density at radius 2 is 1.76 bits per heavy atom. The molecule has 2 saturated carbocycles. The molecule has 21 heavy (non-hydrogen) atoms. The summed E-state index contributed by atoms with van der Waals surface area (Å²) in [5, 5.41) is 10.8. The monoisotopic (exact) mass is 442 g/mol. The molecule has 0 amide bonds. The second kappa shape index (κ2) is 3.85. The molecule has 1 spiro atoms. The Kier molecular flexibility index (Phi) is 2.87. The topological polar surface area (TPSA) is 42.0 Å². The van der Waals surface area contributed by atoms with Gasteiger partial charge in [-0.25, -0.2) is 0 Å². The highest BCUT2D eigenvalue weighted by Crippen LogP contribution is 2.80. The van der Waals surface area contributed by atoms with Crippen LogP contribution in [0.1, 0.15) is 40.5 Å². The summed E-state index contributed by atoms with van der Waals surface area (Å²) in [7, 11) is 0. The van der Waals surface area contributed by atoms with Crippen LogP contribution in [0, 0.1) is 10.8 Å². The molecule has 0 radical (unpaired) electrons. The van der Waals surface area contributed by atoms with E-state index in [0.717, 1.165) is 12.8 Å². The van der Waals surface area contributed by atoms with Crippen LogP contribution in [0.15, 0.2) is 0 Å². The molecule has 1 N–H and O–H groups in total. The molecule has 2 bridgehead atoms. The normalized spacial score (nSPS) is 67.4. The highest BCUT2D eigenvalue weighted by molar-refractivity contribution is 9.10. The van der Waals surface area contributed by atoms with Crippen molar-refractivity contribution in [1.29, 1.82) is 0 Å². The Morgan fingerprint density at radius 1 is 1.14 bits per heavy atom. The maximum Gasteiger partial charge on any atom is 0.157 e. The number of alkyl halides is 3. The van der Waals surface area contributed by atoms with Gasteiger partial charge in [0, 0.05) is 15.7 Å². The number of epoxide rings is 1. The lowest BCUT2D eigenvalue weighted by molar-refractivity contribution is -0.0937. The predicted molar refractivity (Wildman–Crippen MR) is 88.2 cm³/mol. The van der Waals surface area contributed by atoms with Gasteiger partial charge in [-0.3, -0.25) is 0 Å². The molecule has 0 unspecified atom stereocenters. The van der Waals surface area contributed by atoms with Crippen LogP contribution in [0.3, 0.4) is 0 Å². The van der Waals surface area contributed by atoms with E-state index in [1.54, 1.807) is 0 Å². The molecule has 4 fully saturated rings. The first-order chi connectivity index (χ1) is 9.44. The van der Waals surface area contributed by atoms with Crippen molar-refractivity contribution in [3.63, 3.8) is 0 Å². The third kappa shape index (κ3) is 1.41. The van der Waals surface area contributed by atoms with E-state index in [9.17, 15) is 5.11 Å². The van der Waals surface area contributed by atoms with Crippen LogP contribution in [-0.2, 0) is 9.47 Å². The zero-order valence-corrected chi connectivity index (χ0v) is 16.5. The molecule has 3 nitrogen and oxygen atoms in total. The minimum Gasteiger partial charge on any atom is -0.386 e. The number of halogens is 3. The van der Waals surface area contributed by atoms with Crippen LogP contribution < -0.4 is 0 Å². The smallest absolute Gasteiger partial charge is 0.157 e. The van der Waals surface area contributed by atoms with Gasteiger partial charge in [0.05, 0.1) is 11.0 Å². The van der Waals surface area contributed by atoms with E-state index in [1.165, 1.54) is 0 Å². The first kappa shape index (κ1) is 15.6. The molecule has 6 heteroatoms. The fourth-order valence-electron chi connectivity index (χ4n) is 5.48. The Balaban J connectivity index is 1.92. The maximum absolute atomic E-state index is 10.8. The van der Waals surface area contributed by atoms with E-state index in [1.807, 2.05) is 0 Å². The summed E-state index contributed by atoms with van der Waals surface area (Å²) >= 11 is 14.3. The van der Waals surface area contributed by atoms with Crippen molar-refractivity contribution in [3.8, 4) is 0 Å². The average Bonchev–Trinajstić information content (AvgIpc) is 3.00. The highest BCUT2D eigenvalue weighted by atomic mass is 79.9. The first-order valence-corrected chi connectivity index (χ1v) is 9.58. The van der Waals surface area contributed by atoms with Gasteiger partial charge >= 0.3 is 0 Å². The summed E-state index contributed by atoms with van der Waals surface area (Å²) in [6.07, 6.45) is 0.797. The van der Waals surface area contributed by atoms with Gasteiger partial charge in [0.1, 0.15) is 17.8 Å². The van der Waals surface area contributed by atoms with Crippen molar-refractivity contribution in [2.45, 2.75) is 78.7 Å². The number of hydrogen-bond donors (Lipinski definition) is 1. The zero-order chi connectivity index (χ0) is 15.6. The Bertz CT molecular complexity index is 527. The highest BCUT2D eigenvalue weighted by Gasteiger charge is 2.89. The van der Waals surface area contributed by atoms with Crippen molar-refractivity contribution >= 4 is 43.5 Å². The molecule has 120 valence electrons. The molecule has 0 aromatic rings. The molecule has 0 aromatic heterocycles. The molecule has 2 saturated heterocycles. The second-order valence-electron chi connectivity index (χ2n) is 8.09. The maximum atomic E-state index is 10.8. The van der Waals surface area contributed by atoms with Crippen molar-refractivity contribution in [2.75, 3.05) is 0 Å². The molecular weight excluding hydrogens is 423 g/mol. The van der Waals surface area contributed by atoms with Crippen LogP contribution in [0.25, 0.3) is 0 Å². The molecule has 2 heterocycles. The third-order valence-corrected chi connectivity index (χ3v) is 10.6. The van der Waals surface area contributed by atoms with Gasteiger partial charge in [0.15, 0.2) is 4.51 Å². The summed E-state index contributed by atoms with van der Waals surface area (Å²) in [6.45, 7) is 8.56. The number of aliphatic hydroxyl groups excluding tert-OH is 1. The number of rotatable bonds is 0. The van der Waals surface area contributed by atoms with Crippen molar-refractivity contribution < 1.29 is 14.6 Å². The van der Waals surface area contributed by atoms with Gasteiger partial charge in [-0.1, -0.05) is 45.7 Å². The van der Waals surface area contributed by atoms with Crippen LogP contribution in [0.2, 0.25) is 0 Å². The van der Waals surface area contributed by atoms with Gasteiger partial charge in [-0.15, -0.1) is 11.6 Å². The Morgan fingerprint density at radius 3 is 2.38 bits per heavy atom. The summed E-state index contributed by atoms with van der Waals surface area (Å²) in [5.41, 5.74) is -0.755. The standard InChI is InChI=1S/C15H21Br2ClO3/c1-11(2)14-5-7(16)12(3,18)6-8(14)20-15(11,17)9(19)10-13(14,4)21-10/h7-10,19H,5-6H2,1-4H3/t7-,8-,9+,10+,12-,13+,14-,15-/m0/s1. The van der Waals surface area contributed by atoms with Gasteiger partial charge in [-0.2, -0.15) is 0 Å². The fourth-order valence-corrected chi connectivity index (χ4v) is 7.22. The van der Waals surface area contributed by atoms with E-state index >= 15 is 0 Å². The fraction of sp³-hybridized carbons (Fsp3) is 1.00. The quantitative estimate of drug-likeness (QED) is 0.459. The van der Waals surface area contributed by atoms with Crippen molar-refractivity contribution in [1.82, 2.24) is 0 Å². The van der Waals surface area contributed by atoms with Crippen LogP contribution in [0.5, 0.6) is 0 Å². The number of aliphatic hydroxyl groups is 1. The first-order valence-electron chi connectivity index (χ1n) is 7.50. The lowest BCUT2D eigenvalue weighted by atomic mass is 9.47. The minimum absolute atomic E-state index is 0.0182. The lowest BCUT2D eigenvalue weighted by Gasteiger charge is -2.57. The number of fused-ring (bicyclic) bond motifs is 2. The molecule has 8 atom stereocenters. The summed E-state index contributed by atoms with van der Waals surface area (Å²) < 4.78 is 11.7.